The third kappa shape index (κ3) is 4.40. The lowest BCUT2D eigenvalue weighted by Gasteiger charge is -2.41. The van der Waals surface area contributed by atoms with Crippen LogP contribution < -0.4 is 5.73 Å². The quantitative estimate of drug-likeness (QED) is 0.869. The van der Waals surface area contributed by atoms with Crippen molar-refractivity contribution in [3.63, 3.8) is 0 Å². The van der Waals surface area contributed by atoms with Crippen molar-refractivity contribution in [2.45, 2.75) is 51.0 Å². The minimum absolute atomic E-state index is 0. The number of aryl methyl sites for hydroxylation is 1. The van der Waals surface area contributed by atoms with E-state index >= 15 is 0 Å². The van der Waals surface area contributed by atoms with E-state index in [-0.39, 0.29) is 33.8 Å². The minimum Gasteiger partial charge on any atom is -0.327 e. The predicted molar refractivity (Wildman–Crippen MR) is 97.8 cm³/mol. The fourth-order valence-electron chi connectivity index (χ4n) is 2.86. The molecule has 1 saturated heterocycles. The molecule has 1 atom stereocenters. The lowest BCUT2D eigenvalue weighted by atomic mass is 9.81. The molecule has 4 nitrogen and oxygen atoms in total. The van der Waals surface area contributed by atoms with E-state index in [4.69, 9.17) is 17.3 Å². The molecule has 0 radical (unpaired) electrons. The van der Waals surface area contributed by atoms with E-state index in [1.54, 1.807) is 12.1 Å². The third-order valence-electron chi connectivity index (χ3n) is 4.43. The number of hydrogen-bond donors (Lipinski definition) is 1. The molecule has 1 aromatic carbocycles. The maximum absolute atomic E-state index is 13.0. The van der Waals surface area contributed by atoms with Crippen molar-refractivity contribution in [1.29, 1.82) is 0 Å². The fraction of sp³-hybridized carbons (Fsp3) is 0.625. The molecule has 7 heteroatoms. The maximum Gasteiger partial charge on any atom is 0.244 e. The van der Waals surface area contributed by atoms with E-state index in [2.05, 4.69) is 6.92 Å². The summed E-state index contributed by atoms with van der Waals surface area (Å²) in [5.74, 6) is 0. The summed E-state index contributed by atoms with van der Waals surface area (Å²) in [7, 11) is -3.58. The van der Waals surface area contributed by atoms with E-state index in [0.29, 0.717) is 19.5 Å². The van der Waals surface area contributed by atoms with Gasteiger partial charge >= 0.3 is 0 Å². The standard InChI is InChI=1S/C16H25ClN2O2S.ClH/c1-4-5-12-6-7-13(17)14(10-12)22(20,21)19-9-8-15(18)16(2,3)11-19;/h6-7,10,15H,4-5,8-9,11,18H2,1-3H3;1H. The zero-order valence-electron chi connectivity index (χ0n) is 13.9. The van der Waals surface area contributed by atoms with Gasteiger partial charge in [0.25, 0.3) is 0 Å². The monoisotopic (exact) mass is 380 g/mol. The van der Waals surface area contributed by atoms with E-state index in [1.165, 1.54) is 4.31 Å². The smallest absolute Gasteiger partial charge is 0.244 e. The van der Waals surface area contributed by atoms with Gasteiger partial charge in [-0.1, -0.05) is 44.9 Å². The molecule has 132 valence electrons. The van der Waals surface area contributed by atoms with Gasteiger partial charge in [-0.2, -0.15) is 4.31 Å². The van der Waals surface area contributed by atoms with Crippen LogP contribution in [0.25, 0.3) is 0 Å². The molecule has 2 rings (SSSR count). The second-order valence-corrected chi connectivity index (χ2v) is 9.05. The maximum atomic E-state index is 13.0. The molecule has 0 bridgehead atoms. The first-order valence-electron chi connectivity index (χ1n) is 7.72. The van der Waals surface area contributed by atoms with Gasteiger partial charge in [-0.05, 0) is 36.0 Å². The number of halogens is 2. The van der Waals surface area contributed by atoms with Crippen molar-refractivity contribution >= 4 is 34.0 Å². The molecule has 0 aromatic heterocycles. The predicted octanol–water partition coefficient (Wildman–Crippen LogP) is 3.46. The Hall–Kier alpha value is -0.330. The van der Waals surface area contributed by atoms with Crippen LogP contribution in [0, 0.1) is 5.41 Å². The number of benzene rings is 1. The average Bonchev–Trinajstić information content (AvgIpc) is 2.44. The molecule has 0 amide bonds. The Balaban J connectivity index is 0.00000264. The van der Waals surface area contributed by atoms with Crippen molar-refractivity contribution in [3.8, 4) is 0 Å². The van der Waals surface area contributed by atoms with Crippen molar-refractivity contribution in [2.75, 3.05) is 13.1 Å². The van der Waals surface area contributed by atoms with Gasteiger partial charge in [0.2, 0.25) is 10.0 Å². The summed E-state index contributed by atoms with van der Waals surface area (Å²) in [4.78, 5) is 0.214. The van der Waals surface area contributed by atoms with Gasteiger partial charge in [-0.25, -0.2) is 8.42 Å². The molecule has 0 spiro atoms. The first-order valence-corrected chi connectivity index (χ1v) is 9.54. The first kappa shape index (κ1) is 20.7. The highest BCUT2D eigenvalue weighted by Gasteiger charge is 2.39. The van der Waals surface area contributed by atoms with Gasteiger partial charge in [0.1, 0.15) is 4.90 Å². The molecule has 1 aliphatic rings. The summed E-state index contributed by atoms with van der Waals surface area (Å²) in [5, 5.41) is 0.285. The normalized spacial score (nSPS) is 21.7. The van der Waals surface area contributed by atoms with Gasteiger partial charge in [-0.15, -0.1) is 12.4 Å². The summed E-state index contributed by atoms with van der Waals surface area (Å²) in [6, 6.07) is 5.30. The van der Waals surface area contributed by atoms with E-state index in [0.717, 1.165) is 18.4 Å². The number of rotatable bonds is 4. The van der Waals surface area contributed by atoms with Crippen LogP contribution in [0.2, 0.25) is 5.02 Å². The Kier molecular flexibility index (Phi) is 6.94. The average molecular weight is 381 g/mol. The number of nitrogens with two attached hydrogens (primary N) is 1. The summed E-state index contributed by atoms with van der Waals surface area (Å²) in [6.45, 7) is 6.95. The highest BCUT2D eigenvalue weighted by molar-refractivity contribution is 7.89. The Morgan fingerprint density at radius 1 is 1.39 bits per heavy atom. The lowest BCUT2D eigenvalue weighted by Crippen LogP contribution is -2.53. The summed E-state index contributed by atoms with van der Waals surface area (Å²) in [5.41, 5.74) is 6.86. The zero-order valence-corrected chi connectivity index (χ0v) is 16.3. The first-order chi connectivity index (χ1) is 10.2. The van der Waals surface area contributed by atoms with E-state index in [1.807, 2.05) is 19.9 Å². The molecule has 0 saturated carbocycles. The number of hydrogen-bond acceptors (Lipinski definition) is 3. The molecule has 0 aliphatic carbocycles. The Morgan fingerprint density at radius 2 is 2.04 bits per heavy atom. The van der Waals surface area contributed by atoms with Crippen molar-refractivity contribution in [2.24, 2.45) is 11.1 Å². The zero-order chi connectivity index (χ0) is 16.5. The van der Waals surface area contributed by atoms with Crippen LogP contribution in [-0.2, 0) is 16.4 Å². The van der Waals surface area contributed by atoms with Gasteiger partial charge in [0, 0.05) is 19.1 Å². The van der Waals surface area contributed by atoms with Crippen LogP contribution in [0.15, 0.2) is 23.1 Å². The summed E-state index contributed by atoms with van der Waals surface area (Å²) < 4.78 is 27.4. The Labute approximate surface area is 150 Å². The van der Waals surface area contributed by atoms with Gasteiger partial charge in [0.15, 0.2) is 0 Å². The minimum atomic E-state index is -3.58. The van der Waals surface area contributed by atoms with Crippen LogP contribution >= 0.6 is 24.0 Å². The largest absolute Gasteiger partial charge is 0.327 e. The number of piperidine rings is 1. The second-order valence-electron chi connectivity index (χ2n) is 6.74. The number of sulfonamides is 1. The van der Waals surface area contributed by atoms with E-state index < -0.39 is 10.0 Å². The molecule has 1 fully saturated rings. The third-order valence-corrected chi connectivity index (χ3v) is 6.76. The van der Waals surface area contributed by atoms with E-state index in [9.17, 15) is 8.42 Å². The SMILES string of the molecule is CCCc1ccc(Cl)c(S(=O)(=O)N2CCC(N)C(C)(C)C2)c1.Cl. The van der Waals surface area contributed by atoms with Crippen LogP contribution in [0.5, 0.6) is 0 Å². The highest BCUT2D eigenvalue weighted by Crippen LogP contribution is 2.33. The fourth-order valence-corrected chi connectivity index (χ4v) is 5.01. The summed E-state index contributed by atoms with van der Waals surface area (Å²) in [6.07, 6.45) is 2.47. The van der Waals surface area contributed by atoms with Crippen LogP contribution in [-0.4, -0.2) is 31.9 Å². The van der Waals surface area contributed by atoms with Crippen LogP contribution in [0.3, 0.4) is 0 Å². The van der Waals surface area contributed by atoms with Gasteiger partial charge < -0.3 is 5.73 Å². The highest BCUT2D eigenvalue weighted by atomic mass is 35.5. The topological polar surface area (TPSA) is 63.4 Å². The molecular formula is C16H26Cl2N2O2S. The molecule has 2 N–H and O–H groups in total. The number of nitrogens with zero attached hydrogens (tertiary/aromatic N) is 1. The van der Waals surface area contributed by atoms with Crippen molar-refractivity contribution in [3.05, 3.63) is 28.8 Å². The second kappa shape index (κ2) is 7.70. The Morgan fingerprint density at radius 3 is 2.61 bits per heavy atom. The molecule has 1 heterocycles. The van der Waals surface area contributed by atoms with Crippen molar-refractivity contribution < 1.29 is 8.42 Å². The van der Waals surface area contributed by atoms with Crippen molar-refractivity contribution in [1.82, 2.24) is 4.31 Å². The molecular weight excluding hydrogens is 355 g/mol. The summed E-state index contributed by atoms with van der Waals surface area (Å²) >= 11 is 6.17. The molecule has 1 aliphatic heterocycles. The Bertz CT molecular complexity index is 647. The van der Waals surface area contributed by atoms with Crippen LogP contribution in [0.1, 0.15) is 39.2 Å². The lowest BCUT2D eigenvalue weighted by molar-refractivity contribution is 0.155. The van der Waals surface area contributed by atoms with Gasteiger partial charge in [-0.3, -0.25) is 0 Å². The molecule has 23 heavy (non-hydrogen) atoms. The van der Waals surface area contributed by atoms with Crippen LogP contribution in [0.4, 0.5) is 0 Å². The van der Waals surface area contributed by atoms with Gasteiger partial charge in [0.05, 0.1) is 5.02 Å². The molecule has 1 aromatic rings. The molecule has 1 unspecified atom stereocenters.